The van der Waals surface area contributed by atoms with E-state index in [4.69, 9.17) is 4.74 Å². The van der Waals surface area contributed by atoms with Gasteiger partial charge in [0.1, 0.15) is 11.9 Å². The van der Waals surface area contributed by atoms with Gasteiger partial charge in [-0.25, -0.2) is 4.68 Å². The number of hydrogen-bond donors (Lipinski definition) is 2. The molecule has 0 bridgehead atoms. The van der Waals surface area contributed by atoms with Crippen molar-refractivity contribution in [2.24, 2.45) is 0 Å². The number of amides is 1. The van der Waals surface area contributed by atoms with Crippen LogP contribution in [0.25, 0.3) is 0 Å². The van der Waals surface area contributed by atoms with Crippen molar-refractivity contribution < 1.29 is 9.53 Å². The molecule has 0 saturated carbocycles. The van der Waals surface area contributed by atoms with Crippen LogP contribution in [0, 0.1) is 13.8 Å². The molecule has 3 rings (SSSR count). The number of nitrogens with zero attached hydrogens (tertiary/aromatic N) is 3. The normalized spacial score (nSPS) is 16.1. The second-order valence-corrected chi connectivity index (χ2v) is 7.12. The average molecular weight is 371 g/mol. The van der Waals surface area contributed by atoms with Gasteiger partial charge in [-0.15, -0.1) is 5.10 Å². The second-order valence-electron chi connectivity index (χ2n) is 7.12. The molecule has 1 unspecified atom stereocenters. The maximum Gasteiger partial charge on any atom is 0.273 e. The van der Waals surface area contributed by atoms with Crippen LogP contribution in [0.2, 0.25) is 0 Å². The summed E-state index contributed by atoms with van der Waals surface area (Å²) in [6.45, 7) is 8.37. The quantitative estimate of drug-likeness (QED) is 0.781. The molecule has 1 atom stereocenters. The molecule has 1 amide bonds. The molecule has 7 nitrogen and oxygen atoms in total. The molecule has 7 heteroatoms. The number of benzene rings is 1. The molecule has 0 radical (unpaired) electrons. The van der Waals surface area contributed by atoms with Gasteiger partial charge >= 0.3 is 0 Å². The molecule has 2 aromatic rings. The molecule has 2 heterocycles. The number of rotatable bonds is 7. The number of carbonyl (C=O) groups is 1. The lowest BCUT2D eigenvalue weighted by Crippen LogP contribution is -2.35. The number of aryl methyl sites for hydroxylation is 1. The van der Waals surface area contributed by atoms with Gasteiger partial charge in [-0.3, -0.25) is 4.79 Å². The lowest BCUT2D eigenvalue weighted by atomic mass is 10.1. The van der Waals surface area contributed by atoms with E-state index in [0.29, 0.717) is 18.3 Å². The molecule has 1 fully saturated rings. The Morgan fingerprint density at radius 3 is 2.85 bits per heavy atom. The van der Waals surface area contributed by atoms with E-state index >= 15 is 0 Å². The van der Waals surface area contributed by atoms with Crippen molar-refractivity contribution in [1.29, 1.82) is 0 Å². The fourth-order valence-electron chi connectivity index (χ4n) is 3.39. The van der Waals surface area contributed by atoms with Crippen molar-refractivity contribution in [3.63, 3.8) is 0 Å². The summed E-state index contributed by atoms with van der Waals surface area (Å²) in [5.74, 6) is 0.628. The van der Waals surface area contributed by atoms with Crippen LogP contribution in [0.3, 0.4) is 0 Å². The standard InChI is InChI=1S/C20H29N5O2/c1-4-17(27-18-7-5-6-14(2)12-18)13-22-20(26)19-15(3)25(24-23-19)16-8-10-21-11-9-16/h5-7,12,16-17,21H,4,8-11,13H2,1-3H3,(H,22,26). The first-order valence-corrected chi connectivity index (χ1v) is 9.72. The summed E-state index contributed by atoms with van der Waals surface area (Å²) in [6, 6.07) is 8.25. The van der Waals surface area contributed by atoms with E-state index < -0.39 is 0 Å². The molecule has 0 spiro atoms. The van der Waals surface area contributed by atoms with Crippen LogP contribution in [0.15, 0.2) is 24.3 Å². The first-order valence-electron chi connectivity index (χ1n) is 9.72. The van der Waals surface area contributed by atoms with E-state index in [1.807, 2.05) is 49.7 Å². The lowest BCUT2D eigenvalue weighted by Gasteiger charge is -2.23. The molecular formula is C20H29N5O2. The van der Waals surface area contributed by atoms with Crippen molar-refractivity contribution in [2.75, 3.05) is 19.6 Å². The van der Waals surface area contributed by atoms with E-state index in [1.165, 1.54) is 0 Å². The van der Waals surface area contributed by atoms with Crippen molar-refractivity contribution >= 4 is 5.91 Å². The van der Waals surface area contributed by atoms with E-state index in [1.54, 1.807) is 0 Å². The third kappa shape index (κ3) is 4.86. The van der Waals surface area contributed by atoms with Crippen LogP contribution in [0.5, 0.6) is 5.75 Å². The van der Waals surface area contributed by atoms with Crippen LogP contribution in [-0.4, -0.2) is 46.6 Å². The molecule has 2 N–H and O–H groups in total. The van der Waals surface area contributed by atoms with Crippen molar-refractivity contribution in [3.05, 3.63) is 41.2 Å². The van der Waals surface area contributed by atoms with E-state index in [9.17, 15) is 4.79 Å². The van der Waals surface area contributed by atoms with Crippen LogP contribution < -0.4 is 15.4 Å². The van der Waals surface area contributed by atoms with Gasteiger partial charge in [-0.1, -0.05) is 24.3 Å². The van der Waals surface area contributed by atoms with Crippen LogP contribution >= 0.6 is 0 Å². The molecule has 146 valence electrons. The minimum absolute atomic E-state index is 0.0875. The van der Waals surface area contributed by atoms with Crippen molar-refractivity contribution in [2.45, 2.75) is 52.2 Å². The Morgan fingerprint density at radius 2 is 2.15 bits per heavy atom. The molecular weight excluding hydrogens is 342 g/mol. The van der Waals surface area contributed by atoms with Gasteiger partial charge in [-0.05, 0) is 63.9 Å². The van der Waals surface area contributed by atoms with Gasteiger partial charge in [0.2, 0.25) is 0 Å². The van der Waals surface area contributed by atoms with Gasteiger partial charge in [0, 0.05) is 0 Å². The van der Waals surface area contributed by atoms with Crippen molar-refractivity contribution in [1.82, 2.24) is 25.6 Å². The third-order valence-corrected chi connectivity index (χ3v) is 5.03. The minimum Gasteiger partial charge on any atom is -0.489 e. The predicted molar refractivity (Wildman–Crippen MR) is 104 cm³/mol. The highest BCUT2D eigenvalue weighted by Gasteiger charge is 2.23. The molecule has 1 aliphatic rings. The number of aromatic nitrogens is 3. The monoisotopic (exact) mass is 371 g/mol. The number of nitrogens with one attached hydrogen (secondary N) is 2. The Labute approximate surface area is 160 Å². The zero-order chi connectivity index (χ0) is 19.2. The summed E-state index contributed by atoms with van der Waals surface area (Å²) in [4.78, 5) is 12.6. The number of carbonyl (C=O) groups excluding carboxylic acids is 1. The van der Waals surface area contributed by atoms with Crippen LogP contribution in [0.1, 0.15) is 54.0 Å². The first kappa shape index (κ1) is 19.4. The molecule has 27 heavy (non-hydrogen) atoms. The third-order valence-electron chi connectivity index (χ3n) is 5.03. The van der Waals surface area contributed by atoms with E-state index in [2.05, 4.69) is 20.9 Å². The fourth-order valence-corrected chi connectivity index (χ4v) is 3.39. The van der Waals surface area contributed by atoms with Gasteiger partial charge in [0.25, 0.3) is 5.91 Å². The SMILES string of the molecule is CCC(CNC(=O)c1nnn(C2CCNCC2)c1C)Oc1cccc(C)c1. The van der Waals surface area contributed by atoms with E-state index in [-0.39, 0.29) is 12.0 Å². The van der Waals surface area contributed by atoms with Crippen molar-refractivity contribution in [3.8, 4) is 5.75 Å². The minimum atomic E-state index is -0.195. The molecule has 1 aliphatic heterocycles. The Kier molecular flexibility index (Phi) is 6.45. The summed E-state index contributed by atoms with van der Waals surface area (Å²) in [5.41, 5.74) is 2.38. The summed E-state index contributed by atoms with van der Waals surface area (Å²) < 4.78 is 7.90. The van der Waals surface area contributed by atoms with Gasteiger partial charge in [0.15, 0.2) is 5.69 Å². The van der Waals surface area contributed by atoms with Crippen LogP contribution in [0.4, 0.5) is 0 Å². The highest BCUT2D eigenvalue weighted by Crippen LogP contribution is 2.20. The topological polar surface area (TPSA) is 81.1 Å². The molecule has 1 aromatic carbocycles. The zero-order valence-electron chi connectivity index (χ0n) is 16.4. The molecule has 1 aromatic heterocycles. The Bertz CT molecular complexity index is 767. The number of piperidine rings is 1. The summed E-state index contributed by atoms with van der Waals surface area (Å²) in [5, 5.41) is 14.7. The zero-order valence-corrected chi connectivity index (χ0v) is 16.4. The highest BCUT2D eigenvalue weighted by atomic mass is 16.5. The smallest absolute Gasteiger partial charge is 0.273 e. The maximum absolute atomic E-state index is 12.6. The predicted octanol–water partition coefficient (Wildman–Crippen LogP) is 2.41. The molecule has 0 aliphatic carbocycles. The van der Waals surface area contributed by atoms with Gasteiger partial charge < -0.3 is 15.4 Å². The average Bonchev–Trinajstić information content (AvgIpc) is 3.07. The van der Waals surface area contributed by atoms with Crippen LogP contribution in [-0.2, 0) is 0 Å². The summed E-state index contributed by atoms with van der Waals surface area (Å²) in [7, 11) is 0. The summed E-state index contributed by atoms with van der Waals surface area (Å²) >= 11 is 0. The fraction of sp³-hybridized carbons (Fsp3) is 0.550. The Morgan fingerprint density at radius 1 is 1.37 bits per heavy atom. The van der Waals surface area contributed by atoms with Gasteiger partial charge in [-0.2, -0.15) is 0 Å². The Hall–Kier alpha value is -2.41. The number of ether oxygens (including phenoxy) is 1. The number of hydrogen-bond acceptors (Lipinski definition) is 5. The largest absolute Gasteiger partial charge is 0.489 e. The Balaban J connectivity index is 1.58. The second kappa shape index (κ2) is 8.99. The summed E-state index contributed by atoms with van der Waals surface area (Å²) in [6.07, 6.45) is 2.73. The first-order chi connectivity index (χ1) is 13.1. The molecule has 1 saturated heterocycles. The van der Waals surface area contributed by atoms with E-state index in [0.717, 1.165) is 49.4 Å². The maximum atomic E-state index is 12.6. The highest BCUT2D eigenvalue weighted by molar-refractivity contribution is 5.93. The van der Waals surface area contributed by atoms with Gasteiger partial charge in [0.05, 0.1) is 18.3 Å². The lowest BCUT2D eigenvalue weighted by molar-refractivity contribution is 0.0920.